The molecule has 172 valence electrons. The lowest BCUT2D eigenvalue weighted by Crippen LogP contribution is -2.40. The molecule has 1 aromatic carbocycles. The lowest BCUT2D eigenvalue weighted by atomic mass is 9.90. The van der Waals surface area contributed by atoms with Crippen LogP contribution in [-0.4, -0.2) is 56.1 Å². The van der Waals surface area contributed by atoms with Gasteiger partial charge in [0.1, 0.15) is 12.7 Å². The van der Waals surface area contributed by atoms with Crippen molar-refractivity contribution in [2.24, 2.45) is 11.3 Å². The van der Waals surface area contributed by atoms with E-state index in [0.717, 1.165) is 43.4 Å². The molecule has 9 nitrogen and oxygen atoms in total. The van der Waals surface area contributed by atoms with Crippen LogP contribution in [0.25, 0.3) is 16.7 Å². The average molecular weight is 457 g/mol. The van der Waals surface area contributed by atoms with Crippen LogP contribution in [0.3, 0.4) is 0 Å². The predicted octanol–water partition coefficient (Wildman–Crippen LogP) is 3.08. The number of fused-ring (bicyclic) bond motifs is 1. The minimum Gasteiger partial charge on any atom is -0.449 e. The number of carbonyl (C=O) groups is 2. The van der Waals surface area contributed by atoms with E-state index < -0.39 is 0 Å². The van der Waals surface area contributed by atoms with E-state index in [2.05, 4.69) is 20.5 Å². The summed E-state index contributed by atoms with van der Waals surface area (Å²) in [5.74, 6) is 0.608. The van der Waals surface area contributed by atoms with Crippen molar-refractivity contribution in [3.63, 3.8) is 0 Å². The Bertz CT molecular complexity index is 1320. The highest BCUT2D eigenvalue weighted by Gasteiger charge is 2.54. The second kappa shape index (κ2) is 8.09. The number of furan rings is 1. The molecule has 1 unspecified atom stereocenters. The van der Waals surface area contributed by atoms with Crippen molar-refractivity contribution < 1.29 is 14.0 Å². The second-order valence-electron chi connectivity index (χ2n) is 9.21. The normalized spacial score (nSPS) is 18.8. The van der Waals surface area contributed by atoms with Gasteiger partial charge in [0, 0.05) is 42.5 Å². The first-order chi connectivity index (χ1) is 16.6. The van der Waals surface area contributed by atoms with Crippen LogP contribution < -0.4 is 5.32 Å². The fraction of sp³-hybridized carbons (Fsp3) is 0.320. The first kappa shape index (κ1) is 20.6. The number of likely N-dealkylation sites (tertiary alicyclic amines) is 1. The van der Waals surface area contributed by atoms with Crippen LogP contribution in [0.15, 0.2) is 65.9 Å². The molecule has 1 aliphatic heterocycles. The van der Waals surface area contributed by atoms with Crippen LogP contribution in [-0.2, 0) is 0 Å². The maximum absolute atomic E-state index is 13.1. The quantitative estimate of drug-likeness (QED) is 0.495. The zero-order valence-corrected chi connectivity index (χ0v) is 18.6. The van der Waals surface area contributed by atoms with Crippen molar-refractivity contribution in [2.45, 2.75) is 19.3 Å². The zero-order valence-electron chi connectivity index (χ0n) is 18.6. The molecule has 1 N–H and O–H groups in total. The monoisotopic (exact) mass is 456 g/mol. The van der Waals surface area contributed by atoms with Crippen molar-refractivity contribution in [1.82, 2.24) is 30.0 Å². The highest BCUT2D eigenvalue weighted by molar-refractivity contribution is 5.96. The number of aromatic nitrogens is 4. The summed E-state index contributed by atoms with van der Waals surface area (Å²) in [6.45, 7) is 2.09. The summed E-state index contributed by atoms with van der Waals surface area (Å²) in [7, 11) is 0. The smallest absolute Gasteiger partial charge is 0.287 e. The van der Waals surface area contributed by atoms with Crippen molar-refractivity contribution in [2.75, 3.05) is 19.6 Å². The molecule has 2 aliphatic rings. The topological polar surface area (TPSA) is 106 Å². The third-order valence-corrected chi connectivity index (χ3v) is 7.27. The lowest BCUT2D eigenvalue weighted by Gasteiger charge is -2.33. The highest BCUT2D eigenvalue weighted by Crippen LogP contribution is 2.59. The Morgan fingerprint density at radius 3 is 2.74 bits per heavy atom. The highest BCUT2D eigenvalue weighted by atomic mass is 16.3. The number of amides is 2. The summed E-state index contributed by atoms with van der Waals surface area (Å²) >= 11 is 0. The molecular formula is C25H24N6O3. The Balaban J connectivity index is 1.03. The van der Waals surface area contributed by atoms with Crippen molar-refractivity contribution in [3.8, 4) is 5.69 Å². The lowest BCUT2D eigenvalue weighted by molar-refractivity contribution is 0.0668. The third-order valence-electron chi connectivity index (χ3n) is 7.27. The third kappa shape index (κ3) is 3.72. The van der Waals surface area contributed by atoms with Crippen molar-refractivity contribution in [1.29, 1.82) is 0 Å². The van der Waals surface area contributed by atoms with Crippen LogP contribution in [0.5, 0.6) is 0 Å². The van der Waals surface area contributed by atoms with Crippen LogP contribution in [0.1, 0.15) is 40.2 Å². The minimum absolute atomic E-state index is 0.0506. The van der Waals surface area contributed by atoms with Crippen LogP contribution in [0.4, 0.5) is 0 Å². The van der Waals surface area contributed by atoms with E-state index in [1.165, 1.54) is 0 Å². The van der Waals surface area contributed by atoms with E-state index in [1.807, 2.05) is 35.2 Å². The zero-order chi connectivity index (χ0) is 23.1. The summed E-state index contributed by atoms with van der Waals surface area (Å²) in [6.07, 6.45) is 9.53. The maximum atomic E-state index is 13.1. The fourth-order valence-electron chi connectivity index (χ4n) is 5.10. The van der Waals surface area contributed by atoms with Gasteiger partial charge in [-0.2, -0.15) is 0 Å². The Labute approximate surface area is 195 Å². The molecule has 0 radical (unpaired) electrons. The summed E-state index contributed by atoms with van der Waals surface area (Å²) in [5.41, 5.74) is 2.37. The number of nitrogens with zero attached hydrogens (tertiary/aromatic N) is 5. The number of hydrogen-bond donors (Lipinski definition) is 1. The number of rotatable bonds is 5. The molecule has 1 aliphatic carbocycles. The van der Waals surface area contributed by atoms with Gasteiger partial charge < -0.3 is 14.6 Å². The Kier molecular flexibility index (Phi) is 4.90. The Hall–Kier alpha value is -4.01. The average Bonchev–Trinajstić information content (AvgIpc) is 3.26. The molecule has 4 aromatic rings. The molecule has 1 saturated heterocycles. The predicted molar refractivity (Wildman–Crippen MR) is 123 cm³/mol. The summed E-state index contributed by atoms with van der Waals surface area (Å²) in [5, 5.41) is 11.6. The number of carbonyl (C=O) groups excluding carboxylic acids is 2. The number of nitrogens with one attached hydrogen (secondary N) is 1. The fourth-order valence-corrected chi connectivity index (χ4v) is 5.10. The van der Waals surface area contributed by atoms with Gasteiger partial charge in [0.05, 0.1) is 6.20 Å². The number of piperidine rings is 1. The van der Waals surface area contributed by atoms with Gasteiger partial charge in [-0.25, -0.2) is 0 Å². The van der Waals surface area contributed by atoms with Crippen LogP contribution in [0.2, 0.25) is 0 Å². The first-order valence-electron chi connectivity index (χ1n) is 11.5. The summed E-state index contributed by atoms with van der Waals surface area (Å²) < 4.78 is 7.39. The number of pyridine rings is 1. The molecule has 1 saturated carbocycles. The van der Waals surface area contributed by atoms with E-state index in [4.69, 9.17) is 4.42 Å². The van der Waals surface area contributed by atoms with E-state index >= 15 is 0 Å². The molecule has 6 rings (SSSR count). The van der Waals surface area contributed by atoms with E-state index in [0.29, 0.717) is 29.4 Å². The molecule has 3 aromatic heterocycles. The Morgan fingerprint density at radius 2 is 1.94 bits per heavy atom. The van der Waals surface area contributed by atoms with Gasteiger partial charge in [0.15, 0.2) is 11.3 Å². The summed E-state index contributed by atoms with van der Waals surface area (Å²) in [4.78, 5) is 31.6. The molecule has 4 heterocycles. The van der Waals surface area contributed by atoms with Gasteiger partial charge in [-0.1, -0.05) is 6.07 Å². The van der Waals surface area contributed by atoms with E-state index in [9.17, 15) is 9.59 Å². The Morgan fingerprint density at radius 1 is 1.12 bits per heavy atom. The molecule has 9 heteroatoms. The van der Waals surface area contributed by atoms with Crippen molar-refractivity contribution in [3.05, 3.63) is 72.8 Å². The maximum Gasteiger partial charge on any atom is 0.287 e. The van der Waals surface area contributed by atoms with Gasteiger partial charge >= 0.3 is 0 Å². The molecule has 2 fully saturated rings. The standard InChI is InChI=1S/C25H24N6O3/c32-23(21-11-17-4-7-26-14-22(17)34-21)27-13-19-12-25(19)5-8-30(9-6-25)24(33)18-2-1-3-20(10-18)31-15-28-29-16-31/h1-4,7,10-11,14-16,19H,5-6,8-9,12-13H2,(H,27,32). The minimum atomic E-state index is -0.196. The first-order valence-corrected chi connectivity index (χ1v) is 11.5. The molecular weight excluding hydrogens is 432 g/mol. The largest absolute Gasteiger partial charge is 0.449 e. The molecule has 1 atom stereocenters. The van der Waals surface area contributed by atoms with E-state index in [1.54, 1.807) is 35.7 Å². The van der Waals surface area contributed by atoms with Crippen molar-refractivity contribution >= 4 is 22.8 Å². The number of hydrogen-bond acceptors (Lipinski definition) is 6. The SMILES string of the molecule is O=C(NCC1CC12CCN(C(=O)c1cccc(-n3cnnc3)c1)CC2)c1cc2ccncc2o1. The van der Waals surface area contributed by atoms with Gasteiger partial charge in [-0.3, -0.25) is 19.1 Å². The number of benzene rings is 1. The van der Waals surface area contributed by atoms with Gasteiger partial charge in [0.2, 0.25) is 0 Å². The molecule has 34 heavy (non-hydrogen) atoms. The van der Waals surface area contributed by atoms with Crippen LogP contribution >= 0.6 is 0 Å². The van der Waals surface area contributed by atoms with E-state index in [-0.39, 0.29) is 17.2 Å². The van der Waals surface area contributed by atoms with Gasteiger partial charge in [0.25, 0.3) is 11.8 Å². The van der Waals surface area contributed by atoms with Gasteiger partial charge in [-0.15, -0.1) is 10.2 Å². The van der Waals surface area contributed by atoms with Crippen LogP contribution in [0, 0.1) is 11.3 Å². The second-order valence-corrected chi connectivity index (χ2v) is 9.21. The molecule has 1 spiro atoms. The van der Waals surface area contributed by atoms with Gasteiger partial charge in [-0.05, 0) is 60.9 Å². The summed E-state index contributed by atoms with van der Waals surface area (Å²) in [6, 6.07) is 11.1. The molecule has 0 bridgehead atoms. The molecule has 2 amide bonds.